The number of methoxy groups -OCH3 is 1. The van der Waals surface area contributed by atoms with Crippen LogP contribution in [0.25, 0.3) is 10.2 Å². The molecule has 0 saturated carbocycles. The van der Waals surface area contributed by atoms with Gasteiger partial charge in [0.05, 0.1) is 25.0 Å². The fourth-order valence-corrected chi connectivity index (χ4v) is 4.42. The maximum Gasteiger partial charge on any atom is 0.266 e. The summed E-state index contributed by atoms with van der Waals surface area (Å²) in [4.78, 5) is 21.0. The van der Waals surface area contributed by atoms with E-state index < -0.39 is 11.6 Å². The largest absolute Gasteiger partial charge is 0.497 e. The van der Waals surface area contributed by atoms with Gasteiger partial charge < -0.3 is 14.2 Å². The predicted octanol–water partition coefficient (Wildman–Crippen LogP) is 3.75. The molecule has 11 heteroatoms. The molecule has 4 rings (SSSR count). The van der Waals surface area contributed by atoms with Crippen LogP contribution in [0.1, 0.15) is 0 Å². The highest BCUT2D eigenvalue weighted by Crippen LogP contribution is 2.31. The van der Waals surface area contributed by atoms with Gasteiger partial charge in [-0.15, -0.1) is 12.4 Å². The number of rotatable bonds is 8. The fourth-order valence-electron chi connectivity index (χ4n) is 3.37. The van der Waals surface area contributed by atoms with Gasteiger partial charge in [0, 0.05) is 38.3 Å². The minimum absolute atomic E-state index is 0. The summed E-state index contributed by atoms with van der Waals surface area (Å²) in [6.45, 7) is 3.51. The molecule has 0 bridgehead atoms. The van der Waals surface area contributed by atoms with E-state index >= 15 is 0 Å². The van der Waals surface area contributed by atoms with Crippen molar-refractivity contribution in [3.05, 3.63) is 48.0 Å². The first-order chi connectivity index (χ1) is 15.5. The van der Waals surface area contributed by atoms with E-state index in [-0.39, 0.29) is 30.4 Å². The SMILES string of the molecule is COc1cccc(OCC(=O)N(CCN2CCOCC2)c2nc3c(F)cc(F)cc3s2)c1.Cl. The highest BCUT2D eigenvalue weighted by atomic mass is 35.5. The van der Waals surface area contributed by atoms with Gasteiger partial charge >= 0.3 is 0 Å². The third kappa shape index (κ3) is 6.29. The zero-order chi connectivity index (χ0) is 22.5. The second kappa shape index (κ2) is 11.6. The predicted molar refractivity (Wildman–Crippen MR) is 125 cm³/mol. The average Bonchev–Trinajstić information content (AvgIpc) is 3.22. The number of aromatic nitrogens is 1. The average molecular weight is 500 g/mol. The molecule has 33 heavy (non-hydrogen) atoms. The number of morpholine rings is 1. The van der Waals surface area contributed by atoms with E-state index in [4.69, 9.17) is 14.2 Å². The van der Waals surface area contributed by atoms with E-state index in [0.717, 1.165) is 30.5 Å². The summed E-state index contributed by atoms with van der Waals surface area (Å²) in [7, 11) is 1.55. The van der Waals surface area contributed by atoms with Gasteiger partial charge in [0.15, 0.2) is 17.6 Å². The number of halogens is 3. The van der Waals surface area contributed by atoms with Crippen LogP contribution in [0.3, 0.4) is 0 Å². The number of anilines is 1. The van der Waals surface area contributed by atoms with Gasteiger partial charge in [0.2, 0.25) is 0 Å². The molecular formula is C22H24ClF2N3O4S. The fraction of sp³-hybridized carbons (Fsp3) is 0.364. The molecule has 7 nitrogen and oxygen atoms in total. The van der Waals surface area contributed by atoms with Crippen LogP contribution in [0.15, 0.2) is 36.4 Å². The Labute approximate surface area is 200 Å². The first kappa shape index (κ1) is 25.1. The summed E-state index contributed by atoms with van der Waals surface area (Å²) in [6.07, 6.45) is 0. The molecule has 2 heterocycles. The molecule has 1 saturated heterocycles. The van der Waals surface area contributed by atoms with E-state index in [9.17, 15) is 13.6 Å². The Kier molecular flexibility index (Phi) is 8.79. The molecule has 0 atom stereocenters. The molecular weight excluding hydrogens is 476 g/mol. The monoisotopic (exact) mass is 499 g/mol. The lowest BCUT2D eigenvalue weighted by molar-refractivity contribution is -0.120. The Hall–Kier alpha value is -2.53. The number of thiazole rings is 1. The number of benzene rings is 2. The van der Waals surface area contributed by atoms with Crippen molar-refractivity contribution in [1.82, 2.24) is 9.88 Å². The minimum atomic E-state index is -0.754. The summed E-state index contributed by atoms with van der Waals surface area (Å²) in [5, 5.41) is 0.303. The molecule has 1 amide bonds. The summed E-state index contributed by atoms with van der Waals surface area (Å²) in [6, 6.07) is 8.96. The lowest BCUT2D eigenvalue weighted by Gasteiger charge is -2.29. The van der Waals surface area contributed by atoms with Crippen LogP contribution in [-0.2, 0) is 9.53 Å². The minimum Gasteiger partial charge on any atom is -0.497 e. The highest BCUT2D eigenvalue weighted by molar-refractivity contribution is 7.22. The second-order valence-corrected chi connectivity index (χ2v) is 8.21. The molecule has 3 aromatic rings. The molecule has 0 N–H and O–H groups in total. The number of carbonyl (C=O) groups is 1. The Bertz CT molecular complexity index is 1090. The molecule has 1 aromatic heterocycles. The van der Waals surface area contributed by atoms with Crippen molar-refractivity contribution in [3.63, 3.8) is 0 Å². The quantitative estimate of drug-likeness (QED) is 0.470. The van der Waals surface area contributed by atoms with Gasteiger partial charge in [0.1, 0.15) is 22.8 Å². The van der Waals surface area contributed by atoms with Crippen molar-refractivity contribution in [1.29, 1.82) is 0 Å². The molecule has 1 fully saturated rings. The van der Waals surface area contributed by atoms with Crippen LogP contribution in [0.2, 0.25) is 0 Å². The third-order valence-corrected chi connectivity index (χ3v) is 6.11. The van der Waals surface area contributed by atoms with Gasteiger partial charge in [-0.25, -0.2) is 13.8 Å². The normalized spacial score (nSPS) is 14.0. The van der Waals surface area contributed by atoms with Gasteiger partial charge in [-0.05, 0) is 18.2 Å². The standard InChI is InChI=1S/C22H23F2N3O4S.ClH/c1-29-16-3-2-4-17(13-16)31-14-20(28)27(6-5-26-7-9-30-10-8-26)22-25-21-18(24)11-15(23)12-19(21)32-22;/h2-4,11-13H,5-10,14H2,1H3;1H. The van der Waals surface area contributed by atoms with Crippen molar-refractivity contribution < 1.29 is 27.8 Å². The first-order valence-corrected chi connectivity index (χ1v) is 11.0. The number of hydrogen-bond acceptors (Lipinski definition) is 7. The molecule has 0 radical (unpaired) electrons. The van der Waals surface area contributed by atoms with E-state index in [1.54, 1.807) is 31.4 Å². The summed E-state index contributed by atoms with van der Waals surface area (Å²) in [5.74, 6) is -0.666. The second-order valence-electron chi connectivity index (χ2n) is 7.20. The smallest absolute Gasteiger partial charge is 0.266 e. The van der Waals surface area contributed by atoms with Gasteiger partial charge in [0.25, 0.3) is 5.91 Å². The van der Waals surface area contributed by atoms with Crippen molar-refractivity contribution in [2.24, 2.45) is 0 Å². The maximum atomic E-state index is 14.2. The van der Waals surface area contributed by atoms with Crippen molar-refractivity contribution in [2.45, 2.75) is 0 Å². The molecule has 1 aliphatic heterocycles. The number of amides is 1. The molecule has 0 unspecified atom stereocenters. The first-order valence-electron chi connectivity index (χ1n) is 10.2. The van der Waals surface area contributed by atoms with E-state index in [1.807, 2.05) is 0 Å². The Morgan fingerprint density at radius 3 is 2.73 bits per heavy atom. The lowest BCUT2D eigenvalue weighted by atomic mass is 10.3. The topological polar surface area (TPSA) is 64.1 Å². The summed E-state index contributed by atoms with van der Waals surface area (Å²) in [5.41, 5.74) is 0.0456. The third-order valence-electron chi connectivity index (χ3n) is 5.08. The van der Waals surface area contributed by atoms with Crippen LogP contribution in [0.5, 0.6) is 11.5 Å². The Morgan fingerprint density at radius 2 is 1.97 bits per heavy atom. The number of hydrogen-bond donors (Lipinski definition) is 0. The number of fused-ring (bicyclic) bond motifs is 1. The molecule has 178 valence electrons. The van der Waals surface area contributed by atoms with Gasteiger partial charge in [-0.3, -0.25) is 14.6 Å². The zero-order valence-corrected chi connectivity index (χ0v) is 19.6. The highest BCUT2D eigenvalue weighted by Gasteiger charge is 2.23. The van der Waals surface area contributed by atoms with E-state index in [2.05, 4.69) is 9.88 Å². The van der Waals surface area contributed by atoms with Gasteiger partial charge in [-0.2, -0.15) is 0 Å². The zero-order valence-electron chi connectivity index (χ0n) is 18.0. The molecule has 1 aliphatic rings. The molecule has 0 aliphatic carbocycles. The summed E-state index contributed by atoms with van der Waals surface area (Å²) < 4.78 is 44.4. The molecule has 0 spiro atoms. The summed E-state index contributed by atoms with van der Waals surface area (Å²) >= 11 is 1.07. The lowest BCUT2D eigenvalue weighted by Crippen LogP contribution is -2.44. The van der Waals surface area contributed by atoms with Crippen LogP contribution >= 0.6 is 23.7 Å². The number of carbonyl (C=O) groups excluding carboxylic acids is 1. The van der Waals surface area contributed by atoms with Crippen LogP contribution < -0.4 is 14.4 Å². The van der Waals surface area contributed by atoms with Crippen molar-refractivity contribution >= 4 is 45.0 Å². The van der Waals surface area contributed by atoms with E-state index in [1.165, 1.54) is 11.0 Å². The van der Waals surface area contributed by atoms with Gasteiger partial charge in [-0.1, -0.05) is 17.4 Å². The molecule has 2 aromatic carbocycles. The van der Waals surface area contributed by atoms with Crippen LogP contribution in [0.4, 0.5) is 13.9 Å². The van der Waals surface area contributed by atoms with Crippen molar-refractivity contribution in [3.8, 4) is 11.5 Å². The van der Waals surface area contributed by atoms with Crippen LogP contribution in [-0.4, -0.2) is 68.9 Å². The van der Waals surface area contributed by atoms with E-state index in [0.29, 0.717) is 47.6 Å². The Balaban J connectivity index is 0.00000306. The number of ether oxygens (including phenoxy) is 3. The van der Waals surface area contributed by atoms with Crippen LogP contribution in [0, 0.1) is 11.6 Å². The maximum absolute atomic E-state index is 14.2. The number of nitrogens with zero attached hydrogens (tertiary/aromatic N) is 3. The van der Waals surface area contributed by atoms with Crippen molar-refractivity contribution in [2.75, 3.05) is 58.0 Å². The Morgan fingerprint density at radius 1 is 1.21 bits per heavy atom.